The van der Waals surface area contributed by atoms with Gasteiger partial charge in [0.25, 0.3) is 0 Å². The molecule has 1 saturated heterocycles. The van der Waals surface area contributed by atoms with Gasteiger partial charge >= 0.3 is 0 Å². The Balaban J connectivity index is 1.71. The minimum atomic E-state index is 0.0276. The Morgan fingerprint density at radius 2 is 2.25 bits per heavy atom. The van der Waals surface area contributed by atoms with Crippen LogP contribution in [0.15, 0.2) is 24.3 Å². The van der Waals surface area contributed by atoms with Crippen LogP contribution in [-0.2, 0) is 4.79 Å². The van der Waals surface area contributed by atoms with Crippen LogP contribution in [0.3, 0.4) is 0 Å². The second-order valence-electron chi connectivity index (χ2n) is 5.28. The Morgan fingerprint density at radius 1 is 1.45 bits per heavy atom. The fourth-order valence-electron chi connectivity index (χ4n) is 2.62. The zero-order chi connectivity index (χ0) is 14.4. The lowest BCUT2D eigenvalue weighted by Gasteiger charge is -2.23. The predicted molar refractivity (Wildman–Crippen MR) is 77.7 cm³/mol. The van der Waals surface area contributed by atoms with Crippen molar-refractivity contribution in [2.24, 2.45) is 0 Å². The van der Waals surface area contributed by atoms with E-state index in [-0.39, 0.29) is 18.6 Å². The minimum absolute atomic E-state index is 0.0276. The Hall–Kier alpha value is -1.55. The fraction of sp³-hybridized carbons (Fsp3) is 0.562. The number of para-hydroxylation sites is 1. The summed E-state index contributed by atoms with van der Waals surface area (Å²) >= 11 is 0. The highest BCUT2D eigenvalue weighted by Gasteiger charge is 2.27. The summed E-state index contributed by atoms with van der Waals surface area (Å²) < 4.78 is 5.68. The SMILES string of the molecule is Cc1ccccc1OCCCC(=O)N1CCC[C@@H]1CO. The summed E-state index contributed by atoms with van der Waals surface area (Å²) in [7, 11) is 0. The first-order valence-electron chi connectivity index (χ1n) is 7.31. The van der Waals surface area contributed by atoms with Crippen LogP contribution in [0.4, 0.5) is 0 Å². The average Bonchev–Trinajstić information content (AvgIpc) is 2.93. The lowest BCUT2D eigenvalue weighted by Crippen LogP contribution is -2.37. The number of carbonyl (C=O) groups excluding carboxylic acids is 1. The molecule has 2 rings (SSSR count). The average molecular weight is 277 g/mol. The Bertz CT molecular complexity index is 447. The van der Waals surface area contributed by atoms with Crippen molar-refractivity contribution in [1.29, 1.82) is 0 Å². The second kappa shape index (κ2) is 7.29. The first kappa shape index (κ1) is 14.9. The van der Waals surface area contributed by atoms with E-state index < -0.39 is 0 Å². The number of nitrogens with zero attached hydrogens (tertiary/aromatic N) is 1. The molecule has 0 aromatic heterocycles. The first-order chi connectivity index (χ1) is 9.72. The van der Waals surface area contributed by atoms with Crippen molar-refractivity contribution in [3.63, 3.8) is 0 Å². The molecule has 110 valence electrons. The van der Waals surface area contributed by atoms with E-state index in [9.17, 15) is 9.90 Å². The van der Waals surface area contributed by atoms with Gasteiger partial charge in [-0.1, -0.05) is 18.2 Å². The van der Waals surface area contributed by atoms with Gasteiger partial charge in [-0.15, -0.1) is 0 Å². The molecule has 0 aliphatic carbocycles. The summed E-state index contributed by atoms with van der Waals surface area (Å²) in [5.41, 5.74) is 1.11. The van der Waals surface area contributed by atoms with Gasteiger partial charge in [0.05, 0.1) is 19.3 Å². The summed E-state index contributed by atoms with van der Waals surface area (Å²) in [6, 6.07) is 7.91. The predicted octanol–water partition coefficient (Wildman–Crippen LogP) is 2.14. The summed E-state index contributed by atoms with van der Waals surface area (Å²) in [6.45, 7) is 3.42. The monoisotopic (exact) mass is 277 g/mol. The van der Waals surface area contributed by atoms with Crippen molar-refractivity contribution in [2.75, 3.05) is 19.8 Å². The van der Waals surface area contributed by atoms with Crippen molar-refractivity contribution in [1.82, 2.24) is 4.90 Å². The zero-order valence-electron chi connectivity index (χ0n) is 12.0. The topological polar surface area (TPSA) is 49.8 Å². The number of benzene rings is 1. The van der Waals surface area contributed by atoms with Crippen LogP contribution in [0.25, 0.3) is 0 Å². The number of aryl methyl sites for hydroxylation is 1. The molecule has 0 unspecified atom stereocenters. The number of hydrogen-bond donors (Lipinski definition) is 1. The third-order valence-electron chi connectivity index (χ3n) is 3.79. The Labute approximate surface area is 120 Å². The minimum Gasteiger partial charge on any atom is -0.493 e. The molecule has 1 aromatic carbocycles. The highest BCUT2D eigenvalue weighted by atomic mass is 16.5. The van der Waals surface area contributed by atoms with E-state index in [4.69, 9.17) is 4.74 Å². The number of aliphatic hydroxyl groups excluding tert-OH is 1. The van der Waals surface area contributed by atoms with Crippen LogP contribution in [0, 0.1) is 6.92 Å². The molecule has 0 radical (unpaired) electrons. The van der Waals surface area contributed by atoms with Crippen LogP contribution in [0.5, 0.6) is 5.75 Å². The van der Waals surface area contributed by atoms with Crippen LogP contribution >= 0.6 is 0 Å². The largest absolute Gasteiger partial charge is 0.493 e. The molecule has 1 aliphatic heterocycles. The van der Waals surface area contributed by atoms with E-state index in [1.165, 1.54) is 0 Å². The Morgan fingerprint density at radius 3 is 3.00 bits per heavy atom. The number of amides is 1. The summed E-state index contributed by atoms with van der Waals surface area (Å²) in [6.07, 6.45) is 3.11. The third kappa shape index (κ3) is 3.73. The zero-order valence-corrected chi connectivity index (χ0v) is 12.0. The second-order valence-corrected chi connectivity index (χ2v) is 5.28. The van der Waals surface area contributed by atoms with Gasteiger partial charge in [0.2, 0.25) is 5.91 Å². The number of carbonyl (C=O) groups is 1. The van der Waals surface area contributed by atoms with Gasteiger partial charge in [-0.25, -0.2) is 0 Å². The molecule has 0 saturated carbocycles. The van der Waals surface area contributed by atoms with Crippen LogP contribution in [0.1, 0.15) is 31.2 Å². The maximum Gasteiger partial charge on any atom is 0.223 e. The highest BCUT2D eigenvalue weighted by molar-refractivity contribution is 5.76. The molecule has 20 heavy (non-hydrogen) atoms. The number of hydrogen-bond acceptors (Lipinski definition) is 3. The molecular formula is C16H23NO3. The number of aliphatic hydroxyl groups is 1. The molecular weight excluding hydrogens is 254 g/mol. The maximum atomic E-state index is 12.1. The summed E-state index contributed by atoms with van der Waals surface area (Å²) in [5, 5.41) is 9.22. The standard InChI is InChI=1S/C16H23NO3/c1-13-6-2-3-8-15(13)20-11-5-9-16(19)17-10-4-7-14(17)12-18/h2-3,6,8,14,18H,4-5,7,9-12H2,1H3/t14-/m1/s1. The maximum absolute atomic E-state index is 12.1. The van der Waals surface area contributed by atoms with E-state index in [1.807, 2.05) is 36.1 Å². The highest BCUT2D eigenvalue weighted by Crippen LogP contribution is 2.19. The molecule has 1 aliphatic rings. The molecule has 0 spiro atoms. The number of rotatable bonds is 6. The van der Waals surface area contributed by atoms with Crippen LogP contribution < -0.4 is 4.74 Å². The molecule has 1 atom stereocenters. The van der Waals surface area contributed by atoms with Crippen molar-refractivity contribution >= 4 is 5.91 Å². The lowest BCUT2D eigenvalue weighted by molar-refractivity contribution is -0.132. The smallest absolute Gasteiger partial charge is 0.223 e. The van der Waals surface area contributed by atoms with E-state index in [2.05, 4.69) is 0 Å². The number of likely N-dealkylation sites (tertiary alicyclic amines) is 1. The van der Waals surface area contributed by atoms with Gasteiger partial charge in [-0.3, -0.25) is 4.79 Å². The van der Waals surface area contributed by atoms with Gasteiger partial charge in [-0.05, 0) is 37.8 Å². The van der Waals surface area contributed by atoms with E-state index in [0.29, 0.717) is 19.4 Å². The van der Waals surface area contributed by atoms with Crippen molar-refractivity contribution < 1.29 is 14.6 Å². The van der Waals surface area contributed by atoms with Crippen molar-refractivity contribution in [3.8, 4) is 5.75 Å². The van der Waals surface area contributed by atoms with Gasteiger partial charge in [0, 0.05) is 13.0 Å². The van der Waals surface area contributed by atoms with Gasteiger partial charge in [0.15, 0.2) is 0 Å². The van der Waals surface area contributed by atoms with E-state index >= 15 is 0 Å². The molecule has 1 amide bonds. The normalized spacial score (nSPS) is 18.3. The van der Waals surface area contributed by atoms with E-state index in [1.54, 1.807) is 0 Å². The first-order valence-corrected chi connectivity index (χ1v) is 7.31. The quantitative estimate of drug-likeness (QED) is 0.810. The molecule has 1 heterocycles. The van der Waals surface area contributed by atoms with Crippen molar-refractivity contribution in [3.05, 3.63) is 29.8 Å². The van der Waals surface area contributed by atoms with Crippen molar-refractivity contribution in [2.45, 2.75) is 38.6 Å². The fourth-order valence-corrected chi connectivity index (χ4v) is 2.62. The van der Waals surface area contributed by atoms with Crippen LogP contribution in [0.2, 0.25) is 0 Å². The molecule has 0 bridgehead atoms. The molecule has 1 N–H and O–H groups in total. The molecule has 4 heteroatoms. The van der Waals surface area contributed by atoms with Gasteiger partial charge in [0.1, 0.15) is 5.75 Å². The molecule has 1 aromatic rings. The van der Waals surface area contributed by atoms with Gasteiger partial charge in [-0.2, -0.15) is 0 Å². The lowest BCUT2D eigenvalue weighted by atomic mass is 10.2. The molecule has 1 fully saturated rings. The van der Waals surface area contributed by atoms with E-state index in [0.717, 1.165) is 30.7 Å². The van der Waals surface area contributed by atoms with Gasteiger partial charge < -0.3 is 14.7 Å². The van der Waals surface area contributed by atoms with Crippen LogP contribution in [-0.4, -0.2) is 41.7 Å². The summed E-state index contributed by atoms with van der Waals surface area (Å²) in [4.78, 5) is 13.9. The Kier molecular flexibility index (Phi) is 5.41. The third-order valence-corrected chi connectivity index (χ3v) is 3.79. The number of ether oxygens (including phenoxy) is 1. The molecule has 4 nitrogen and oxygen atoms in total. The summed E-state index contributed by atoms with van der Waals surface area (Å²) in [5.74, 6) is 1.02.